The van der Waals surface area contributed by atoms with E-state index in [0.717, 1.165) is 32.5 Å². The van der Waals surface area contributed by atoms with Gasteiger partial charge in [0.25, 0.3) is 0 Å². The quantitative estimate of drug-likeness (QED) is 0.792. The van der Waals surface area contributed by atoms with Gasteiger partial charge in [0, 0.05) is 31.8 Å². The molecule has 1 unspecified atom stereocenters. The highest BCUT2D eigenvalue weighted by molar-refractivity contribution is 5.67. The fourth-order valence-electron chi connectivity index (χ4n) is 2.50. The van der Waals surface area contributed by atoms with E-state index in [9.17, 15) is 4.79 Å². The van der Waals surface area contributed by atoms with Gasteiger partial charge in [-0.25, -0.2) is 4.79 Å². The molecule has 0 aromatic heterocycles. The average Bonchev–Trinajstić information content (AvgIpc) is 2.34. The molecule has 0 radical (unpaired) electrons. The molecule has 1 aliphatic rings. The van der Waals surface area contributed by atoms with Crippen LogP contribution in [0.5, 0.6) is 0 Å². The molecule has 0 aliphatic carbocycles. The molecule has 1 saturated heterocycles. The smallest absolute Gasteiger partial charge is 0.407 e. The van der Waals surface area contributed by atoms with Gasteiger partial charge >= 0.3 is 6.09 Å². The molecule has 2 N–H and O–H groups in total. The van der Waals surface area contributed by atoms with Crippen LogP contribution in [-0.4, -0.2) is 43.5 Å². The van der Waals surface area contributed by atoms with Crippen molar-refractivity contribution < 1.29 is 14.3 Å². The Hall–Kier alpha value is -0.810. The van der Waals surface area contributed by atoms with Crippen LogP contribution in [0.15, 0.2) is 0 Å². The summed E-state index contributed by atoms with van der Waals surface area (Å²) in [4.78, 5) is 11.8. The van der Waals surface area contributed by atoms with Crippen LogP contribution in [0, 0.1) is 5.92 Å². The van der Waals surface area contributed by atoms with E-state index in [1.165, 1.54) is 0 Å². The third-order valence-electron chi connectivity index (χ3n) is 3.34. The van der Waals surface area contributed by atoms with Crippen LogP contribution in [0.4, 0.5) is 4.79 Å². The van der Waals surface area contributed by atoms with Crippen molar-refractivity contribution in [2.24, 2.45) is 5.92 Å². The first-order valence-corrected chi connectivity index (χ1v) is 8.07. The van der Waals surface area contributed by atoms with Crippen molar-refractivity contribution in [1.82, 2.24) is 10.6 Å². The third-order valence-corrected chi connectivity index (χ3v) is 3.34. The largest absolute Gasteiger partial charge is 0.444 e. The van der Waals surface area contributed by atoms with Crippen LogP contribution in [0.3, 0.4) is 0 Å². The van der Waals surface area contributed by atoms with Crippen LogP contribution >= 0.6 is 0 Å². The van der Waals surface area contributed by atoms with E-state index in [4.69, 9.17) is 9.47 Å². The minimum absolute atomic E-state index is 0.278. The first kappa shape index (κ1) is 18.2. The zero-order chi connectivity index (χ0) is 15.9. The average molecular weight is 300 g/mol. The summed E-state index contributed by atoms with van der Waals surface area (Å²) in [5, 5.41) is 6.53. The highest BCUT2D eigenvalue weighted by atomic mass is 16.6. The zero-order valence-electron chi connectivity index (χ0n) is 14.2. The van der Waals surface area contributed by atoms with E-state index >= 15 is 0 Å². The first-order valence-electron chi connectivity index (χ1n) is 8.07. The SMILES string of the molecule is CC(C)CC(CNC(=O)OC(C)(C)C)NC1CCOCC1. The van der Waals surface area contributed by atoms with Gasteiger partial charge in [-0.05, 0) is 46.0 Å². The zero-order valence-corrected chi connectivity index (χ0v) is 14.2. The number of rotatable bonds is 6. The van der Waals surface area contributed by atoms with Crippen molar-refractivity contribution in [1.29, 1.82) is 0 Å². The third kappa shape index (κ3) is 8.94. The predicted molar refractivity (Wildman–Crippen MR) is 84.5 cm³/mol. The van der Waals surface area contributed by atoms with E-state index in [1.54, 1.807) is 0 Å². The lowest BCUT2D eigenvalue weighted by Crippen LogP contribution is -2.48. The molecule has 21 heavy (non-hydrogen) atoms. The molecule has 1 rings (SSSR count). The molecular weight excluding hydrogens is 268 g/mol. The molecule has 0 saturated carbocycles. The second-order valence-corrected chi connectivity index (χ2v) is 7.26. The summed E-state index contributed by atoms with van der Waals surface area (Å²) >= 11 is 0. The summed E-state index contributed by atoms with van der Waals surface area (Å²) in [6.07, 6.45) is 2.78. The predicted octanol–water partition coefficient (Wildman–Crippen LogP) is 2.69. The normalized spacial score (nSPS) is 18.6. The minimum atomic E-state index is -0.453. The maximum absolute atomic E-state index is 11.8. The highest BCUT2D eigenvalue weighted by Crippen LogP contribution is 2.11. The Morgan fingerprint density at radius 1 is 1.29 bits per heavy atom. The molecule has 0 bridgehead atoms. The molecule has 1 aliphatic heterocycles. The number of hydrogen-bond acceptors (Lipinski definition) is 4. The van der Waals surface area contributed by atoms with Crippen molar-refractivity contribution in [2.75, 3.05) is 19.8 Å². The summed E-state index contributed by atoms with van der Waals surface area (Å²) in [5.74, 6) is 0.586. The number of amides is 1. The summed E-state index contributed by atoms with van der Waals surface area (Å²) in [5.41, 5.74) is -0.453. The Labute approximate surface area is 129 Å². The van der Waals surface area contributed by atoms with E-state index < -0.39 is 5.60 Å². The van der Waals surface area contributed by atoms with Crippen molar-refractivity contribution in [3.63, 3.8) is 0 Å². The lowest BCUT2D eigenvalue weighted by atomic mass is 10.0. The van der Waals surface area contributed by atoms with Crippen molar-refractivity contribution >= 4 is 6.09 Å². The number of nitrogens with one attached hydrogen (secondary N) is 2. The lowest BCUT2D eigenvalue weighted by molar-refractivity contribution is 0.0510. The molecule has 0 spiro atoms. The van der Waals surface area contributed by atoms with Crippen LogP contribution in [0.25, 0.3) is 0 Å². The highest BCUT2D eigenvalue weighted by Gasteiger charge is 2.21. The molecule has 0 aromatic carbocycles. The number of carbonyl (C=O) groups is 1. The van der Waals surface area contributed by atoms with Gasteiger partial charge in [0.1, 0.15) is 5.60 Å². The molecule has 0 aromatic rings. The Kier molecular flexibility index (Phi) is 7.46. The van der Waals surface area contributed by atoms with E-state index in [-0.39, 0.29) is 12.1 Å². The maximum atomic E-state index is 11.8. The topological polar surface area (TPSA) is 59.6 Å². The molecule has 124 valence electrons. The minimum Gasteiger partial charge on any atom is -0.444 e. The van der Waals surface area contributed by atoms with Gasteiger partial charge in [-0.1, -0.05) is 13.8 Å². The van der Waals surface area contributed by atoms with Crippen LogP contribution in [0.1, 0.15) is 53.9 Å². The molecule has 1 atom stereocenters. The van der Waals surface area contributed by atoms with Crippen molar-refractivity contribution in [3.05, 3.63) is 0 Å². The Balaban J connectivity index is 2.40. The summed E-state index contributed by atoms with van der Waals surface area (Å²) in [6, 6.07) is 0.767. The molecule has 1 fully saturated rings. The fraction of sp³-hybridized carbons (Fsp3) is 0.938. The second kappa shape index (κ2) is 8.59. The van der Waals surface area contributed by atoms with Gasteiger partial charge in [-0.15, -0.1) is 0 Å². The van der Waals surface area contributed by atoms with Gasteiger partial charge < -0.3 is 20.1 Å². The van der Waals surface area contributed by atoms with Gasteiger partial charge in [-0.3, -0.25) is 0 Å². The van der Waals surface area contributed by atoms with Gasteiger partial charge in [-0.2, -0.15) is 0 Å². The Bertz CT molecular complexity index is 307. The number of ether oxygens (including phenoxy) is 2. The summed E-state index contributed by atoms with van der Waals surface area (Å²) < 4.78 is 10.7. The second-order valence-electron chi connectivity index (χ2n) is 7.26. The summed E-state index contributed by atoms with van der Waals surface area (Å²) in [6.45, 7) is 12.3. The Morgan fingerprint density at radius 2 is 1.90 bits per heavy atom. The van der Waals surface area contributed by atoms with Gasteiger partial charge in [0.15, 0.2) is 0 Å². The number of hydrogen-bond donors (Lipinski definition) is 2. The number of carbonyl (C=O) groups excluding carboxylic acids is 1. The maximum Gasteiger partial charge on any atom is 0.407 e. The van der Waals surface area contributed by atoms with Gasteiger partial charge in [0.2, 0.25) is 0 Å². The molecule has 1 heterocycles. The first-order chi connectivity index (χ1) is 9.76. The lowest BCUT2D eigenvalue weighted by Gasteiger charge is -2.30. The standard InChI is InChI=1S/C16H32N2O3/c1-12(2)10-14(18-13-6-8-20-9-7-13)11-17-15(19)21-16(3,4)5/h12-14,18H,6-11H2,1-5H3,(H,17,19). The number of alkyl carbamates (subject to hydrolysis) is 1. The van der Waals surface area contributed by atoms with E-state index in [0.29, 0.717) is 18.5 Å². The van der Waals surface area contributed by atoms with Crippen molar-refractivity contribution in [2.45, 2.75) is 71.6 Å². The molecular formula is C16H32N2O3. The molecule has 1 amide bonds. The van der Waals surface area contributed by atoms with E-state index in [1.807, 2.05) is 20.8 Å². The molecule has 5 nitrogen and oxygen atoms in total. The monoisotopic (exact) mass is 300 g/mol. The van der Waals surface area contributed by atoms with E-state index in [2.05, 4.69) is 24.5 Å². The van der Waals surface area contributed by atoms with Crippen LogP contribution in [-0.2, 0) is 9.47 Å². The summed E-state index contributed by atoms with van der Waals surface area (Å²) in [7, 11) is 0. The Morgan fingerprint density at radius 3 is 2.43 bits per heavy atom. The van der Waals surface area contributed by atoms with Crippen LogP contribution in [0.2, 0.25) is 0 Å². The molecule has 5 heteroatoms. The van der Waals surface area contributed by atoms with Gasteiger partial charge in [0.05, 0.1) is 0 Å². The van der Waals surface area contributed by atoms with Crippen molar-refractivity contribution in [3.8, 4) is 0 Å². The van der Waals surface area contributed by atoms with Crippen LogP contribution < -0.4 is 10.6 Å². The fourth-order valence-corrected chi connectivity index (χ4v) is 2.50.